The quantitative estimate of drug-likeness (QED) is 0.240. The molecule has 0 fully saturated rings. The number of aliphatic hydroxyl groups excluding tert-OH is 1. The van der Waals surface area contributed by atoms with E-state index in [0.29, 0.717) is 18.2 Å². The second kappa shape index (κ2) is 8.44. The van der Waals surface area contributed by atoms with Crippen molar-refractivity contribution in [2.45, 2.75) is 26.3 Å². The number of nitrogens with one attached hydrogen (secondary N) is 1. The van der Waals surface area contributed by atoms with Crippen molar-refractivity contribution in [3.63, 3.8) is 0 Å². The molecule has 6 heteroatoms. The van der Waals surface area contributed by atoms with Crippen LogP contribution in [0.2, 0.25) is 0 Å². The maximum Gasteiger partial charge on any atom is 0.189 e. The van der Waals surface area contributed by atoms with E-state index in [1.54, 1.807) is 6.20 Å². The second-order valence-electron chi connectivity index (χ2n) is 4.41. The highest BCUT2D eigenvalue weighted by Gasteiger charge is 2.09. The van der Waals surface area contributed by atoms with Gasteiger partial charge in [-0.15, -0.1) is 0 Å². The number of hydrogen-bond donors (Lipinski definition) is 4. The molecular formula is C13H22N4O2. The van der Waals surface area contributed by atoms with Crippen LogP contribution in [0.3, 0.4) is 0 Å². The van der Waals surface area contributed by atoms with Crippen LogP contribution in [-0.4, -0.2) is 34.3 Å². The minimum Gasteiger partial charge on any atom is -0.409 e. The predicted molar refractivity (Wildman–Crippen MR) is 73.9 cm³/mol. The van der Waals surface area contributed by atoms with E-state index in [-0.39, 0.29) is 12.4 Å². The fourth-order valence-electron chi connectivity index (χ4n) is 1.90. The van der Waals surface area contributed by atoms with Gasteiger partial charge in [0, 0.05) is 19.3 Å². The summed E-state index contributed by atoms with van der Waals surface area (Å²) in [5, 5.41) is 23.9. The lowest BCUT2D eigenvalue weighted by Crippen LogP contribution is -2.25. The molecule has 0 aliphatic carbocycles. The highest BCUT2D eigenvalue weighted by molar-refractivity contribution is 5.96. The van der Waals surface area contributed by atoms with E-state index in [9.17, 15) is 0 Å². The van der Waals surface area contributed by atoms with E-state index in [1.807, 2.05) is 12.1 Å². The molecule has 0 aliphatic rings. The molecule has 0 saturated carbocycles. The van der Waals surface area contributed by atoms with Crippen molar-refractivity contribution < 1.29 is 10.3 Å². The number of oxime groups is 1. The second-order valence-corrected chi connectivity index (χ2v) is 4.41. The molecule has 0 bridgehead atoms. The van der Waals surface area contributed by atoms with Gasteiger partial charge in [-0.2, -0.15) is 0 Å². The topological polar surface area (TPSA) is 104 Å². The summed E-state index contributed by atoms with van der Waals surface area (Å²) in [6.07, 6.45) is 3.43. The molecule has 106 valence electrons. The van der Waals surface area contributed by atoms with Crippen LogP contribution in [0.1, 0.15) is 31.0 Å². The summed E-state index contributed by atoms with van der Waals surface area (Å²) in [6, 6.07) is 3.70. The van der Waals surface area contributed by atoms with Crippen LogP contribution < -0.4 is 11.1 Å². The number of nitrogens with two attached hydrogens (primary N) is 1. The summed E-state index contributed by atoms with van der Waals surface area (Å²) >= 11 is 0. The van der Waals surface area contributed by atoms with Gasteiger partial charge in [0.25, 0.3) is 0 Å². The van der Waals surface area contributed by atoms with Gasteiger partial charge in [0.1, 0.15) is 5.69 Å². The van der Waals surface area contributed by atoms with E-state index in [2.05, 4.69) is 22.4 Å². The van der Waals surface area contributed by atoms with Crippen LogP contribution >= 0.6 is 0 Å². The molecule has 1 unspecified atom stereocenters. The maximum atomic E-state index is 8.94. The molecule has 0 amide bonds. The summed E-state index contributed by atoms with van der Waals surface area (Å²) in [6.45, 7) is 3.74. The molecule has 1 aromatic rings. The van der Waals surface area contributed by atoms with Crippen molar-refractivity contribution in [3.8, 4) is 0 Å². The summed E-state index contributed by atoms with van der Waals surface area (Å²) in [5.41, 5.74) is 6.96. The highest BCUT2D eigenvalue weighted by atomic mass is 16.4. The first-order valence-electron chi connectivity index (χ1n) is 6.46. The molecule has 1 heterocycles. The van der Waals surface area contributed by atoms with Crippen molar-refractivity contribution in [3.05, 3.63) is 29.6 Å². The van der Waals surface area contributed by atoms with Gasteiger partial charge in [0.05, 0.1) is 0 Å². The average Bonchev–Trinajstić information content (AvgIpc) is 2.46. The standard InChI is InChI=1S/C13H22N4O2/c1-2-10(5-7-18)8-15-9-11-4-3-6-16-12(11)13(14)17-19/h3-4,6,10,15,18-19H,2,5,7-9H2,1H3,(H2,14,17). The average molecular weight is 266 g/mol. The smallest absolute Gasteiger partial charge is 0.189 e. The number of pyridine rings is 1. The molecular weight excluding hydrogens is 244 g/mol. The van der Waals surface area contributed by atoms with Crippen LogP contribution in [0.4, 0.5) is 0 Å². The third kappa shape index (κ3) is 4.84. The fourth-order valence-corrected chi connectivity index (χ4v) is 1.90. The number of rotatable bonds is 8. The lowest BCUT2D eigenvalue weighted by atomic mass is 10.0. The Bertz CT molecular complexity index is 409. The van der Waals surface area contributed by atoms with Gasteiger partial charge in [0.2, 0.25) is 0 Å². The fraction of sp³-hybridized carbons (Fsp3) is 0.538. The molecule has 0 aromatic carbocycles. The molecule has 1 aromatic heterocycles. The number of nitrogens with zero attached hydrogens (tertiary/aromatic N) is 2. The molecule has 1 atom stereocenters. The highest BCUT2D eigenvalue weighted by Crippen LogP contribution is 2.08. The van der Waals surface area contributed by atoms with Gasteiger partial charge in [-0.1, -0.05) is 24.6 Å². The SMILES string of the molecule is CCC(CCO)CNCc1cccnc1C(N)=NO. The Hall–Kier alpha value is -1.66. The molecule has 0 radical (unpaired) electrons. The zero-order valence-corrected chi connectivity index (χ0v) is 11.2. The van der Waals surface area contributed by atoms with Crippen molar-refractivity contribution in [2.24, 2.45) is 16.8 Å². The Kier molecular flexibility index (Phi) is 6.84. The lowest BCUT2D eigenvalue weighted by molar-refractivity contribution is 0.251. The first-order valence-corrected chi connectivity index (χ1v) is 6.46. The number of aromatic nitrogens is 1. The van der Waals surface area contributed by atoms with Crippen molar-refractivity contribution >= 4 is 5.84 Å². The minimum absolute atomic E-state index is 0.0137. The summed E-state index contributed by atoms with van der Waals surface area (Å²) in [7, 11) is 0. The van der Waals surface area contributed by atoms with Gasteiger partial charge in [-0.3, -0.25) is 4.98 Å². The molecule has 5 N–H and O–H groups in total. The van der Waals surface area contributed by atoms with Crippen LogP contribution in [0.25, 0.3) is 0 Å². The largest absolute Gasteiger partial charge is 0.409 e. The normalized spacial score (nSPS) is 13.5. The van der Waals surface area contributed by atoms with Gasteiger partial charge in [-0.05, 0) is 30.5 Å². The van der Waals surface area contributed by atoms with E-state index in [0.717, 1.165) is 24.9 Å². The first-order chi connectivity index (χ1) is 9.22. The summed E-state index contributed by atoms with van der Waals surface area (Å²) in [4.78, 5) is 4.11. The van der Waals surface area contributed by atoms with Crippen molar-refractivity contribution in [1.82, 2.24) is 10.3 Å². The molecule has 1 rings (SSSR count). The van der Waals surface area contributed by atoms with Gasteiger partial charge < -0.3 is 21.4 Å². The van der Waals surface area contributed by atoms with Gasteiger partial charge >= 0.3 is 0 Å². The summed E-state index contributed by atoms with van der Waals surface area (Å²) in [5.74, 6) is 0.466. The monoisotopic (exact) mass is 266 g/mol. The maximum absolute atomic E-state index is 8.94. The zero-order chi connectivity index (χ0) is 14.1. The Morgan fingerprint density at radius 2 is 2.37 bits per heavy atom. The molecule has 0 spiro atoms. The third-order valence-corrected chi connectivity index (χ3v) is 3.10. The van der Waals surface area contributed by atoms with Gasteiger partial charge in [-0.25, -0.2) is 0 Å². The van der Waals surface area contributed by atoms with Crippen LogP contribution in [0, 0.1) is 5.92 Å². The number of hydrogen-bond acceptors (Lipinski definition) is 5. The Morgan fingerprint density at radius 1 is 1.58 bits per heavy atom. The van der Waals surface area contributed by atoms with Gasteiger partial charge in [0.15, 0.2) is 5.84 Å². The number of aliphatic hydroxyl groups is 1. The van der Waals surface area contributed by atoms with E-state index >= 15 is 0 Å². The molecule has 19 heavy (non-hydrogen) atoms. The van der Waals surface area contributed by atoms with E-state index in [1.165, 1.54) is 0 Å². The molecule has 0 saturated heterocycles. The van der Waals surface area contributed by atoms with E-state index < -0.39 is 0 Å². The number of amidine groups is 1. The predicted octanol–water partition coefficient (Wildman–Crippen LogP) is 0.674. The first kappa shape index (κ1) is 15.4. The Labute approximate surface area is 113 Å². The Morgan fingerprint density at radius 3 is 3.00 bits per heavy atom. The zero-order valence-electron chi connectivity index (χ0n) is 11.2. The molecule has 0 aliphatic heterocycles. The van der Waals surface area contributed by atoms with Crippen molar-refractivity contribution in [1.29, 1.82) is 0 Å². The minimum atomic E-state index is 0.0137. The summed E-state index contributed by atoms with van der Waals surface area (Å²) < 4.78 is 0. The third-order valence-electron chi connectivity index (χ3n) is 3.10. The van der Waals surface area contributed by atoms with E-state index in [4.69, 9.17) is 16.0 Å². The lowest BCUT2D eigenvalue weighted by Gasteiger charge is -2.15. The van der Waals surface area contributed by atoms with Crippen molar-refractivity contribution in [2.75, 3.05) is 13.2 Å². The Balaban J connectivity index is 2.58. The van der Waals surface area contributed by atoms with Crippen LogP contribution in [0.5, 0.6) is 0 Å². The van der Waals surface area contributed by atoms with Crippen LogP contribution in [-0.2, 0) is 6.54 Å². The van der Waals surface area contributed by atoms with Crippen LogP contribution in [0.15, 0.2) is 23.5 Å². The molecule has 6 nitrogen and oxygen atoms in total.